The molecule has 0 spiro atoms. The van der Waals surface area contributed by atoms with Gasteiger partial charge in [0.15, 0.2) is 0 Å². The fourth-order valence-corrected chi connectivity index (χ4v) is 2.76. The van der Waals surface area contributed by atoms with E-state index >= 15 is 0 Å². The molecule has 2 aromatic carbocycles. The number of hydrogen-bond acceptors (Lipinski definition) is 1. The predicted molar refractivity (Wildman–Crippen MR) is 88.1 cm³/mol. The van der Waals surface area contributed by atoms with Crippen LogP contribution in [0.5, 0.6) is 0 Å². The predicted octanol–water partition coefficient (Wildman–Crippen LogP) is 5.35. The molecule has 2 aromatic rings. The highest BCUT2D eigenvalue weighted by atomic mass is 79.9. The van der Waals surface area contributed by atoms with Crippen molar-refractivity contribution in [2.75, 3.05) is 0 Å². The molecular weight excluding hydrogens is 312 g/mol. The van der Waals surface area contributed by atoms with Crippen molar-refractivity contribution in [2.24, 2.45) is 0 Å². The lowest BCUT2D eigenvalue weighted by molar-refractivity contribution is 0.219. The van der Waals surface area contributed by atoms with Gasteiger partial charge in [0.1, 0.15) is 6.10 Å². The van der Waals surface area contributed by atoms with Gasteiger partial charge in [0.2, 0.25) is 0 Å². The molecule has 0 saturated carbocycles. The van der Waals surface area contributed by atoms with Crippen LogP contribution >= 0.6 is 15.9 Å². The van der Waals surface area contributed by atoms with Crippen molar-refractivity contribution in [2.45, 2.75) is 39.2 Å². The van der Waals surface area contributed by atoms with E-state index in [1.807, 2.05) is 37.3 Å². The van der Waals surface area contributed by atoms with Crippen LogP contribution < -0.4 is 0 Å². The molecule has 1 nitrogen and oxygen atoms in total. The molecule has 2 heteroatoms. The van der Waals surface area contributed by atoms with Crippen LogP contribution in [0.3, 0.4) is 0 Å². The van der Waals surface area contributed by atoms with E-state index in [9.17, 15) is 5.11 Å². The molecule has 0 amide bonds. The van der Waals surface area contributed by atoms with Gasteiger partial charge in [0.25, 0.3) is 0 Å². The van der Waals surface area contributed by atoms with Crippen LogP contribution in [0, 0.1) is 6.92 Å². The molecule has 0 aromatic heterocycles. The van der Waals surface area contributed by atoms with Gasteiger partial charge in [0.05, 0.1) is 0 Å². The molecule has 0 fully saturated rings. The van der Waals surface area contributed by atoms with Crippen LogP contribution in [0.4, 0.5) is 0 Å². The Morgan fingerprint density at radius 3 is 2.25 bits per heavy atom. The van der Waals surface area contributed by atoms with E-state index in [2.05, 4.69) is 41.9 Å². The van der Waals surface area contributed by atoms with Crippen molar-refractivity contribution >= 4 is 15.9 Å². The maximum absolute atomic E-state index is 10.6. The Labute approximate surface area is 129 Å². The lowest BCUT2D eigenvalue weighted by Crippen LogP contribution is -2.02. The Bertz CT molecular complexity index is 574. The molecule has 0 aliphatic carbocycles. The molecule has 20 heavy (non-hydrogen) atoms. The highest BCUT2D eigenvalue weighted by Gasteiger charge is 2.14. The first kappa shape index (κ1) is 15.3. The minimum Gasteiger partial charge on any atom is -0.384 e. The zero-order valence-corrected chi connectivity index (χ0v) is 13.8. The summed E-state index contributed by atoms with van der Waals surface area (Å²) in [6.45, 7) is 6.45. The van der Waals surface area contributed by atoms with Gasteiger partial charge in [-0.05, 0) is 42.0 Å². The molecule has 2 atom stereocenters. The summed E-state index contributed by atoms with van der Waals surface area (Å²) in [4.78, 5) is 0. The van der Waals surface area contributed by atoms with Gasteiger partial charge in [-0.25, -0.2) is 0 Å². The lowest BCUT2D eigenvalue weighted by atomic mass is 9.94. The van der Waals surface area contributed by atoms with Crippen molar-refractivity contribution < 1.29 is 5.11 Å². The summed E-state index contributed by atoms with van der Waals surface area (Å²) in [5.41, 5.74) is 4.33. The maximum atomic E-state index is 10.6. The monoisotopic (exact) mass is 332 g/mol. The third-order valence-corrected chi connectivity index (χ3v) is 4.60. The SMILES string of the molecule is CCC(C)c1ccc(C(O)c2cc(C)ccc2Br)cc1. The van der Waals surface area contributed by atoms with Crippen molar-refractivity contribution in [3.05, 3.63) is 69.2 Å². The highest BCUT2D eigenvalue weighted by molar-refractivity contribution is 9.10. The Morgan fingerprint density at radius 2 is 1.65 bits per heavy atom. The number of halogens is 1. The lowest BCUT2D eigenvalue weighted by Gasteiger charge is -2.16. The van der Waals surface area contributed by atoms with Crippen molar-refractivity contribution in [1.29, 1.82) is 0 Å². The second-order valence-corrected chi connectivity index (χ2v) is 6.26. The minimum absolute atomic E-state index is 0.562. The molecule has 0 saturated heterocycles. The topological polar surface area (TPSA) is 20.2 Å². The molecule has 0 bridgehead atoms. The fourth-order valence-electron chi connectivity index (χ4n) is 2.29. The molecule has 106 valence electrons. The summed E-state index contributed by atoms with van der Waals surface area (Å²) in [6.07, 6.45) is 0.543. The van der Waals surface area contributed by atoms with Crippen LogP contribution in [0.1, 0.15) is 54.5 Å². The molecule has 0 radical (unpaired) electrons. The van der Waals surface area contributed by atoms with Crippen LogP contribution in [0.2, 0.25) is 0 Å². The van der Waals surface area contributed by atoms with Gasteiger partial charge in [-0.15, -0.1) is 0 Å². The first-order chi connectivity index (χ1) is 9.52. The van der Waals surface area contributed by atoms with E-state index in [1.165, 1.54) is 5.56 Å². The molecule has 0 aliphatic rings. The second-order valence-electron chi connectivity index (χ2n) is 5.40. The standard InChI is InChI=1S/C18H21BrO/c1-4-13(3)14-6-8-15(9-7-14)18(20)16-11-12(2)5-10-17(16)19/h5-11,13,18,20H,4H2,1-3H3. The summed E-state index contributed by atoms with van der Waals surface area (Å²) in [6, 6.07) is 14.3. The van der Waals surface area contributed by atoms with Gasteiger partial charge < -0.3 is 5.11 Å². The largest absolute Gasteiger partial charge is 0.384 e. The maximum Gasteiger partial charge on any atom is 0.105 e. The van der Waals surface area contributed by atoms with E-state index in [-0.39, 0.29) is 0 Å². The number of benzene rings is 2. The Hall–Kier alpha value is -1.12. The summed E-state index contributed by atoms with van der Waals surface area (Å²) < 4.78 is 0.946. The molecule has 0 aliphatic heterocycles. The van der Waals surface area contributed by atoms with Crippen LogP contribution in [0.25, 0.3) is 0 Å². The van der Waals surface area contributed by atoms with Crippen LogP contribution in [-0.2, 0) is 0 Å². The highest BCUT2D eigenvalue weighted by Crippen LogP contribution is 2.30. The van der Waals surface area contributed by atoms with E-state index in [1.54, 1.807) is 0 Å². The number of hydrogen-bond donors (Lipinski definition) is 1. The first-order valence-electron chi connectivity index (χ1n) is 7.07. The average molecular weight is 333 g/mol. The van der Waals surface area contributed by atoms with Gasteiger partial charge in [-0.1, -0.05) is 71.7 Å². The minimum atomic E-state index is -0.588. The third kappa shape index (κ3) is 3.31. The van der Waals surface area contributed by atoms with E-state index in [4.69, 9.17) is 0 Å². The summed E-state index contributed by atoms with van der Waals surface area (Å²) in [7, 11) is 0. The summed E-state index contributed by atoms with van der Waals surface area (Å²) in [5.74, 6) is 0.562. The molecule has 2 rings (SSSR count). The molecule has 0 heterocycles. The quantitative estimate of drug-likeness (QED) is 0.799. The second kappa shape index (κ2) is 6.55. The summed E-state index contributed by atoms with van der Waals surface area (Å²) >= 11 is 3.52. The third-order valence-electron chi connectivity index (χ3n) is 3.88. The zero-order valence-electron chi connectivity index (χ0n) is 12.2. The van der Waals surface area contributed by atoms with E-state index < -0.39 is 6.10 Å². The van der Waals surface area contributed by atoms with E-state index in [0.29, 0.717) is 5.92 Å². The Morgan fingerprint density at radius 1 is 1.05 bits per heavy atom. The fraction of sp³-hybridized carbons (Fsp3) is 0.333. The van der Waals surface area contributed by atoms with Gasteiger partial charge in [-0.2, -0.15) is 0 Å². The number of aliphatic hydroxyl groups is 1. The van der Waals surface area contributed by atoms with Gasteiger partial charge in [-0.3, -0.25) is 0 Å². The van der Waals surface area contributed by atoms with E-state index in [0.717, 1.165) is 27.6 Å². The van der Waals surface area contributed by atoms with Crippen molar-refractivity contribution in [1.82, 2.24) is 0 Å². The van der Waals surface area contributed by atoms with Gasteiger partial charge >= 0.3 is 0 Å². The Kier molecular flexibility index (Phi) is 5.00. The average Bonchev–Trinajstić information content (AvgIpc) is 2.48. The normalized spacial score (nSPS) is 14.1. The molecular formula is C18H21BrO. The smallest absolute Gasteiger partial charge is 0.105 e. The molecule has 1 N–H and O–H groups in total. The van der Waals surface area contributed by atoms with Crippen LogP contribution in [0.15, 0.2) is 46.9 Å². The van der Waals surface area contributed by atoms with Crippen molar-refractivity contribution in [3.8, 4) is 0 Å². The first-order valence-corrected chi connectivity index (χ1v) is 7.86. The van der Waals surface area contributed by atoms with Gasteiger partial charge in [0, 0.05) is 4.47 Å². The number of aliphatic hydroxyl groups excluding tert-OH is 1. The summed E-state index contributed by atoms with van der Waals surface area (Å²) in [5, 5.41) is 10.6. The molecule has 2 unspecified atom stereocenters. The van der Waals surface area contributed by atoms with Crippen molar-refractivity contribution in [3.63, 3.8) is 0 Å². The number of rotatable bonds is 4. The number of aryl methyl sites for hydroxylation is 1. The Balaban J connectivity index is 2.29. The zero-order chi connectivity index (χ0) is 14.7. The van der Waals surface area contributed by atoms with Crippen LogP contribution in [-0.4, -0.2) is 5.11 Å².